The van der Waals surface area contributed by atoms with Crippen LogP contribution < -0.4 is 5.32 Å². The Morgan fingerprint density at radius 3 is 3.12 bits per heavy atom. The number of H-pyrrole nitrogens is 1. The van der Waals surface area contributed by atoms with E-state index in [1.54, 1.807) is 0 Å². The van der Waals surface area contributed by atoms with Crippen molar-refractivity contribution >= 4 is 10.9 Å². The molecule has 0 aliphatic rings. The maximum atomic E-state index is 4.02. The highest BCUT2D eigenvalue weighted by molar-refractivity contribution is 5.78. The third-order valence-corrected chi connectivity index (χ3v) is 3.05. The first-order valence-corrected chi connectivity index (χ1v) is 6.11. The predicted octanol–water partition coefficient (Wildman–Crippen LogP) is 1.60. The molecular weight excluding hydrogens is 212 g/mol. The molecule has 0 amide bonds. The van der Waals surface area contributed by atoms with E-state index in [-0.39, 0.29) is 0 Å². The minimum absolute atomic E-state index is 0.909. The standard InChI is InChI=1S/C13H20N4/c1-3-17(2)7-6-14-9-11-4-5-12-10-15-16-13(12)8-11/h4-5,8,10,14H,3,6-7,9H2,1-2H3,(H,15,16). The third kappa shape index (κ3) is 3.28. The van der Waals surface area contributed by atoms with Crippen LogP contribution >= 0.6 is 0 Å². The van der Waals surface area contributed by atoms with Crippen LogP contribution in [0.1, 0.15) is 12.5 Å². The second-order valence-corrected chi connectivity index (χ2v) is 4.36. The van der Waals surface area contributed by atoms with Gasteiger partial charge in [0.1, 0.15) is 0 Å². The zero-order valence-electron chi connectivity index (χ0n) is 10.5. The summed E-state index contributed by atoms with van der Waals surface area (Å²) in [7, 11) is 2.14. The van der Waals surface area contributed by atoms with E-state index in [9.17, 15) is 0 Å². The van der Waals surface area contributed by atoms with Gasteiger partial charge >= 0.3 is 0 Å². The van der Waals surface area contributed by atoms with E-state index < -0.39 is 0 Å². The number of nitrogens with zero attached hydrogens (tertiary/aromatic N) is 2. The first-order valence-electron chi connectivity index (χ1n) is 6.11. The first kappa shape index (κ1) is 12.1. The third-order valence-electron chi connectivity index (χ3n) is 3.05. The number of aromatic nitrogens is 2. The lowest BCUT2D eigenvalue weighted by atomic mass is 10.1. The Morgan fingerprint density at radius 1 is 1.41 bits per heavy atom. The molecule has 0 aliphatic carbocycles. The predicted molar refractivity (Wildman–Crippen MR) is 71.0 cm³/mol. The summed E-state index contributed by atoms with van der Waals surface area (Å²) >= 11 is 0. The summed E-state index contributed by atoms with van der Waals surface area (Å²) < 4.78 is 0. The largest absolute Gasteiger partial charge is 0.311 e. The molecule has 4 heteroatoms. The van der Waals surface area contributed by atoms with E-state index in [1.165, 1.54) is 10.9 Å². The van der Waals surface area contributed by atoms with Gasteiger partial charge in [-0.05, 0) is 25.2 Å². The van der Waals surface area contributed by atoms with Crippen LogP contribution in [0.2, 0.25) is 0 Å². The molecule has 0 saturated carbocycles. The summed E-state index contributed by atoms with van der Waals surface area (Å²) in [6, 6.07) is 6.40. The van der Waals surface area contributed by atoms with Gasteiger partial charge in [0.05, 0.1) is 11.7 Å². The minimum atomic E-state index is 0.909. The molecule has 0 unspecified atom stereocenters. The Bertz CT molecular complexity index is 463. The van der Waals surface area contributed by atoms with Crippen LogP contribution in [0.4, 0.5) is 0 Å². The van der Waals surface area contributed by atoms with Crippen molar-refractivity contribution < 1.29 is 0 Å². The lowest BCUT2D eigenvalue weighted by molar-refractivity contribution is 0.349. The van der Waals surface area contributed by atoms with Crippen LogP contribution in [0.15, 0.2) is 24.4 Å². The van der Waals surface area contributed by atoms with Gasteiger partial charge in [-0.1, -0.05) is 19.1 Å². The molecule has 0 saturated heterocycles. The summed E-state index contributed by atoms with van der Waals surface area (Å²) in [6.07, 6.45) is 1.85. The van der Waals surface area contributed by atoms with E-state index in [0.29, 0.717) is 0 Å². The SMILES string of the molecule is CCN(C)CCNCc1ccc2cn[nH]c2c1. The second kappa shape index (κ2) is 5.80. The Balaban J connectivity index is 1.82. The second-order valence-electron chi connectivity index (χ2n) is 4.36. The van der Waals surface area contributed by atoms with Crippen molar-refractivity contribution in [2.24, 2.45) is 0 Å². The van der Waals surface area contributed by atoms with Crippen molar-refractivity contribution in [2.45, 2.75) is 13.5 Å². The van der Waals surface area contributed by atoms with Crippen LogP contribution in [0.3, 0.4) is 0 Å². The molecule has 0 radical (unpaired) electrons. The molecule has 2 N–H and O–H groups in total. The number of likely N-dealkylation sites (N-methyl/N-ethyl adjacent to an activating group) is 1. The van der Waals surface area contributed by atoms with E-state index in [4.69, 9.17) is 0 Å². The highest BCUT2D eigenvalue weighted by Gasteiger charge is 1.98. The van der Waals surface area contributed by atoms with Crippen LogP contribution in [-0.4, -0.2) is 41.8 Å². The van der Waals surface area contributed by atoms with Gasteiger partial charge in [0.15, 0.2) is 0 Å². The number of fused-ring (bicyclic) bond motifs is 1. The molecule has 2 aromatic rings. The molecule has 17 heavy (non-hydrogen) atoms. The number of hydrogen-bond donors (Lipinski definition) is 2. The molecule has 0 atom stereocenters. The topological polar surface area (TPSA) is 44.0 Å². The Hall–Kier alpha value is -1.39. The monoisotopic (exact) mass is 232 g/mol. The van der Waals surface area contributed by atoms with Gasteiger partial charge < -0.3 is 10.2 Å². The van der Waals surface area contributed by atoms with Gasteiger partial charge in [-0.25, -0.2) is 0 Å². The average molecular weight is 232 g/mol. The van der Waals surface area contributed by atoms with Crippen molar-refractivity contribution in [1.82, 2.24) is 20.4 Å². The molecule has 4 nitrogen and oxygen atoms in total. The summed E-state index contributed by atoms with van der Waals surface area (Å²) in [5, 5.41) is 11.6. The van der Waals surface area contributed by atoms with Gasteiger partial charge in [-0.3, -0.25) is 5.10 Å². The highest BCUT2D eigenvalue weighted by atomic mass is 15.1. The smallest absolute Gasteiger partial charge is 0.0653 e. The van der Waals surface area contributed by atoms with Crippen molar-refractivity contribution in [3.05, 3.63) is 30.0 Å². The number of hydrogen-bond acceptors (Lipinski definition) is 3. The van der Waals surface area contributed by atoms with Crippen LogP contribution in [0.5, 0.6) is 0 Å². The van der Waals surface area contributed by atoms with Gasteiger partial charge in [-0.2, -0.15) is 5.10 Å². The van der Waals surface area contributed by atoms with Crippen LogP contribution in [-0.2, 0) is 6.54 Å². The fraction of sp³-hybridized carbons (Fsp3) is 0.462. The highest BCUT2D eigenvalue weighted by Crippen LogP contribution is 2.12. The van der Waals surface area contributed by atoms with Gasteiger partial charge in [0.2, 0.25) is 0 Å². The fourth-order valence-corrected chi connectivity index (χ4v) is 1.75. The van der Waals surface area contributed by atoms with Crippen molar-refractivity contribution in [3.8, 4) is 0 Å². The lowest BCUT2D eigenvalue weighted by Crippen LogP contribution is -2.28. The Kier molecular flexibility index (Phi) is 4.12. The van der Waals surface area contributed by atoms with Crippen molar-refractivity contribution in [1.29, 1.82) is 0 Å². The zero-order valence-corrected chi connectivity index (χ0v) is 10.5. The normalized spacial score (nSPS) is 11.5. The maximum absolute atomic E-state index is 4.02. The van der Waals surface area contributed by atoms with Gasteiger partial charge in [-0.15, -0.1) is 0 Å². The molecule has 1 aromatic carbocycles. The quantitative estimate of drug-likeness (QED) is 0.744. The number of rotatable bonds is 6. The summed E-state index contributed by atoms with van der Waals surface area (Å²) in [5.74, 6) is 0. The molecular formula is C13H20N4. The Morgan fingerprint density at radius 2 is 2.29 bits per heavy atom. The summed E-state index contributed by atoms with van der Waals surface area (Å²) in [5.41, 5.74) is 2.40. The Labute approximate surface area is 102 Å². The first-order chi connectivity index (χ1) is 8.29. The van der Waals surface area contributed by atoms with E-state index >= 15 is 0 Å². The van der Waals surface area contributed by atoms with Crippen molar-refractivity contribution in [2.75, 3.05) is 26.7 Å². The zero-order chi connectivity index (χ0) is 12.1. The maximum Gasteiger partial charge on any atom is 0.0653 e. The minimum Gasteiger partial charge on any atom is -0.311 e. The lowest BCUT2D eigenvalue weighted by Gasteiger charge is -2.13. The molecule has 1 aromatic heterocycles. The summed E-state index contributed by atoms with van der Waals surface area (Å²) in [4.78, 5) is 2.30. The number of benzene rings is 1. The average Bonchev–Trinajstić information content (AvgIpc) is 2.81. The van der Waals surface area contributed by atoms with Gasteiger partial charge in [0, 0.05) is 25.0 Å². The number of nitrogens with one attached hydrogen (secondary N) is 2. The van der Waals surface area contributed by atoms with E-state index in [0.717, 1.165) is 31.7 Å². The van der Waals surface area contributed by atoms with E-state index in [2.05, 4.69) is 52.6 Å². The molecule has 92 valence electrons. The van der Waals surface area contributed by atoms with Gasteiger partial charge in [0.25, 0.3) is 0 Å². The molecule has 0 spiro atoms. The van der Waals surface area contributed by atoms with Crippen LogP contribution in [0.25, 0.3) is 10.9 Å². The summed E-state index contributed by atoms with van der Waals surface area (Å²) in [6.45, 7) is 6.29. The molecule has 2 rings (SSSR count). The molecule has 0 aliphatic heterocycles. The van der Waals surface area contributed by atoms with E-state index in [1.807, 2.05) is 6.20 Å². The number of aromatic amines is 1. The van der Waals surface area contributed by atoms with Crippen LogP contribution in [0, 0.1) is 0 Å². The fourth-order valence-electron chi connectivity index (χ4n) is 1.75. The molecule has 0 bridgehead atoms. The van der Waals surface area contributed by atoms with Crippen molar-refractivity contribution in [3.63, 3.8) is 0 Å². The molecule has 0 fully saturated rings. The molecule has 1 heterocycles.